The molecule has 0 aliphatic carbocycles. The fraction of sp³-hybridized carbons (Fsp3) is 0.382. The van der Waals surface area contributed by atoms with E-state index in [2.05, 4.69) is 26.6 Å². The normalized spacial score (nSPS) is 15.4. The number of aliphatic hydroxyl groups excluding tert-OH is 2. The maximum Gasteiger partial charge on any atom is 0.315 e. The van der Waals surface area contributed by atoms with E-state index in [0.717, 1.165) is 33.5 Å². The lowest BCUT2D eigenvalue weighted by atomic mass is 9.98. The number of benzene rings is 3. The number of hydrogen-bond acceptors (Lipinski definition) is 6. The Bertz CT molecular complexity index is 1460. The van der Waals surface area contributed by atoms with Gasteiger partial charge in [0, 0.05) is 37.9 Å². The number of urea groups is 2. The summed E-state index contributed by atoms with van der Waals surface area (Å²) in [6.45, 7) is 4.55. The minimum absolute atomic E-state index is 0.184. The van der Waals surface area contributed by atoms with E-state index >= 15 is 0 Å². The van der Waals surface area contributed by atoms with Crippen molar-refractivity contribution in [3.8, 4) is 11.1 Å². The standard InChI is InChI=1S/C34H44N6O5/c1-34(2,38-19-27(42)21-41)22-37-33(45)39-29-17-16-25-8-5-7-11-30(25)40(31(29)43)20-23-12-14-24(15-13-23)28-10-6-4-9-26(28)18-36-32(44)35-3/h4-15,27,29,38,41-42H,16-22H2,1-3H3,(H2,35,36,44)(H2,37,39,45)/t27-,29+/m0/s1. The van der Waals surface area contributed by atoms with Gasteiger partial charge in [0.2, 0.25) is 5.91 Å². The van der Waals surface area contributed by atoms with Gasteiger partial charge in [-0.05, 0) is 60.6 Å². The van der Waals surface area contributed by atoms with Crippen molar-refractivity contribution in [2.24, 2.45) is 0 Å². The van der Waals surface area contributed by atoms with Crippen LogP contribution >= 0.6 is 0 Å². The largest absolute Gasteiger partial charge is 0.394 e. The number of anilines is 1. The van der Waals surface area contributed by atoms with Crippen LogP contribution in [0, 0.1) is 0 Å². The van der Waals surface area contributed by atoms with Crippen molar-refractivity contribution in [3.05, 3.63) is 89.5 Å². The lowest BCUT2D eigenvalue weighted by Gasteiger charge is -2.29. The maximum absolute atomic E-state index is 13.9. The van der Waals surface area contributed by atoms with Gasteiger partial charge in [0.15, 0.2) is 0 Å². The van der Waals surface area contributed by atoms with Crippen molar-refractivity contribution < 1.29 is 24.6 Å². The van der Waals surface area contributed by atoms with Crippen LogP contribution in [0.4, 0.5) is 15.3 Å². The first-order valence-electron chi connectivity index (χ1n) is 15.2. The average molecular weight is 617 g/mol. The Hall–Kier alpha value is -4.45. The maximum atomic E-state index is 13.9. The van der Waals surface area contributed by atoms with Crippen molar-refractivity contribution in [1.82, 2.24) is 26.6 Å². The molecule has 5 amide bonds. The zero-order valence-electron chi connectivity index (χ0n) is 26.1. The second-order valence-electron chi connectivity index (χ2n) is 11.9. The average Bonchev–Trinajstić information content (AvgIpc) is 3.18. The van der Waals surface area contributed by atoms with Gasteiger partial charge < -0.3 is 41.7 Å². The van der Waals surface area contributed by atoms with Gasteiger partial charge in [-0.1, -0.05) is 66.7 Å². The predicted molar refractivity (Wildman–Crippen MR) is 175 cm³/mol. The van der Waals surface area contributed by atoms with Gasteiger partial charge in [-0.2, -0.15) is 0 Å². The third-order valence-corrected chi connectivity index (χ3v) is 7.86. The molecule has 1 aliphatic heterocycles. The van der Waals surface area contributed by atoms with Crippen molar-refractivity contribution in [1.29, 1.82) is 0 Å². The number of rotatable bonds is 12. The molecule has 11 heteroatoms. The summed E-state index contributed by atoms with van der Waals surface area (Å²) < 4.78 is 0. The Kier molecular flexibility index (Phi) is 11.5. The van der Waals surface area contributed by atoms with E-state index in [4.69, 9.17) is 5.11 Å². The molecule has 11 nitrogen and oxygen atoms in total. The minimum atomic E-state index is -0.890. The van der Waals surface area contributed by atoms with Crippen LogP contribution in [-0.2, 0) is 24.3 Å². The number of para-hydroxylation sites is 1. The summed E-state index contributed by atoms with van der Waals surface area (Å²) in [6.07, 6.45) is 0.207. The fourth-order valence-corrected chi connectivity index (χ4v) is 5.24. The summed E-state index contributed by atoms with van der Waals surface area (Å²) in [5.74, 6) is -0.187. The highest BCUT2D eigenvalue weighted by molar-refractivity contribution is 6.00. The van der Waals surface area contributed by atoms with Gasteiger partial charge in [-0.15, -0.1) is 0 Å². The lowest BCUT2D eigenvalue weighted by molar-refractivity contribution is -0.120. The molecule has 0 unspecified atom stereocenters. The summed E-state index contributed by atoms with van der Waals surface area (Å²) >= 11 is 0. The highest BCUT2D eigenvalue weighted by Gasteiger charge is 2.32. The number of β-amino-alcohol motifs (C(OH)–C–C–N with tert-alkyl or cyclic N) is 1. The zero-order valence-corrected chi connectivity index (χ0v) is 26.1. The van der Waals surface area contributed by atoms with Gasteiger partial charge in [0.25, 0.3) is 0 Å². The molecule has 0 saturated carbocycles. The van der Waals surface area contributed by atoms with E-state index < -0.39 is 23.7 Å². The van der Waals surface area contributed by atoms with Crippen molar-refractivity contribution >= 4 is 23.7 Å². The van der Waals surface area contributed by atoms with E-state index in [1.807, 2.05) is 86.6 Å². The number of aryl methyl sites for hydroxylation is 1. The molecule has 0 bridgehead atoms. The monoisotopic (exact) mass is 616 g/mol. The molecule has 0 aromatic heterocycles. The first-order chi connectivity index (χ1) is 21.6. The number of carbonyl (C=O) groups is 3. The summed E-state index contributed by atoms with van der Waals surface area (Å²) in [5.41, 5.74) is 5.25. The molecule has 1 aliphatic rings. The quantitative estimate of drug-likeness (QED) is 0.166. The SMILES string of the molecule is CNC(=O)NCc1ccccc1-c1ccc(CN2C(=O)[C@H](NC(=O)NCC(C)(C)NC[C@H](O)CO)CCc3ccccc32)cc1. The van der Waals surface area contributed by atoms with Gasteiger partial charge in [-0.25, -0.2) is 9.59 Å². The second-order valence-corrected chi connectivity index (χ2v) is 11.9. The molecule has 1 heterocycles. The van der Waals surface area contributed by atoms with Crippen LogP contribution in [0.5, 0.6) is 0 Å². The van der Waals surface area contributed by atoms with Crippen molar-refractivity contribution in [3.63, 3.8) is 0 Å². The third kappa shape index (κ3) is 9.27. The number of amides is 5. The Labute approximate surface area is 264 Å². The number of fused-ring (bicyclic) bond motifs is 1. The van der Waals surface area contributed by atoms with Crippen LogP contribution in [0.1, 0.15) is 37.0 Å². The predicted octanol–water partition coefficient (Wildman–Crippen LogP) is 2.65. The molecule has 3 aromatic carbocycles. The Balaban J connectivity index is 1.46. The molecule has 0 fully saturated rings. The highest BCUT2D eigenvalue weighted by atomic mass is 16.3. The number of carbonyl (C=O) groups excluding carboxylic acids is 3. The van der Waals surface area contributed by atoms with E-state index in [1.54, 1.807) is 11.9 Å². The topological polar surface area (TPSA) is 155 Å². The molecule has 4 rings (SSSR count). The Morgan fingerprint density at radius 2 is 1.69 bits per heavy atom. The fourth-order valence-electron chi connectivity index (χ4n) is 5.24. The van der Waals surface area contributed by atoms with Gasteiger partial charge >= 0.3 is 12.1 Å². The van der Waals surface area contributed by atoms with Crippen LogP contribution in [0.15, 0.2) is 72.8 Å². The number of hydrogen-bond donors (Lipinski definition) is 7. The molecule has 3 aromatic rings. The van der Waals surface area contributed by atoms with Crippen molar-refractivity contribution in [2.45, 2.75) is 57.5 Å². The van der Waals surface area contributed by atoms with Gasteiger partial charge in [0.05, 0.1) is 19.3 Å². The zero-order chi connectivity index (χ0) is 32.4. The van der Waals surface area contributed by atoms with Gasteiger partial charge in [0.1, 0.15) is 6.04 Å². The molecular weight excluding hydrogens is 572 g/mol. The smallest absolute Gasteiger partial charge is 0.315 e. The van der Waals surface area contributed by atoms with Crippen LogP contribution in [0.25, 0.3) is 11.1 Å². The number of nitrogens with one attached hydrogen (secondary N) is 5. The molecular formula is C34H44N6O5. The molecule has 2 atom stereocenters. The summed E-state index contributed by atoms with van der Waals surface area (Å²) in [4.78, 5) is 40.3. The van der Waals surface area contributed by atoms with Crippen LogP contribution < -0.4 is 31.5 Å². The molecule has 7 N–H and O–H groups in total. The molecule has 0 radical (unpaired) electrons. The molecule has 45 heavy (non-hydrogen) atoms. The summed E-state index contributed by atoms with van der Waals surface area (Å²) in [7, 11) is 1.58. The summed E-state index contributed by atoms with van der Waals surface area (Å²) in [5, 5.41) is 32.9. The Morgan fingerprint density at radius 1 is 0.978 bits per heavy atom. The summed E-state index contributed by atoms with van der Waals surface area (Å²) in [6, 6.07) is 22.3. The highest BCUT2D eigenvalue weighted by Crippen LogP contribution is 2.30. The van der Waals surface area contributed by atoms with E-state index in [0.29, 0.717) is 25.9 Å². The van der Waals surface area contributed by atoms with E-state index in [1.165, 1.54) is 0 Å². The van der Waals surface area contributed by atoms with Gasteiger partial charge in [-0.3, -0.25) is 4.79 Å². The Morgan fingerprint density at radius 3 is 2.42 bits per heavy atom. The van der Waals surface area contributed by atoms with E-state index in [-0.39, 0.29) is 31.6 Å². The second kappa shape index (κ2) is 15.5. The molecule has 240 valence electrons. The third-order valence-electron chi connectivity index (χ3n) is 7.86. The van der Waals surface area contributed by atoms with Crippen LogP contribution in [-0.4, -0.2) is 72.6 Å². The van der Waals surface area contributed by atoms with E-state index in [9.17, 15) is 19.5 Å². The first-order valence-corrected chi connectivity index (χ1v) is 15.2. The van der Waals surface area contributed by atoms with Crippen molar-refractivity contribution in [2.75, 3.05) is 31.6 Å². The number of nitrogens with zero attached hydrogens (tertiary/aromatic N) is 1. The van der Waals surface area contributed by atoms with Crippen LogP contribution in [0.3, 0.4) is 0 Å². The number of aliphatic hydroxyl groups is 2. The minimum Gasteiger partial charge on any atom is -0.394 e. The molecule has 0 spiro atoms. The first kappa shape index (κ1) is 33.4. The van der Waals surface area contributed by atoms with Crippen LogP contribution in [0.2, 0.25) is 0 Å². The molecule has 0 saturated heterocycles. The lowest BCUT2D eigenvalue weighted by Crippen LogP contribution is -2.55.